The number of hydrogen-bond donors (Lipinski definition) is 0. The van der Waals surface area contributed by atoms with Crippen molar-refractivity contribution in [3.63, 3.8) is 0 Å². The van der Waals surface area contributed by atoms with E-state index in [1.165, 1.54) is 48.9 Å². The largest absolute Gasteiger partial charge is 0.248 e. The van der Waals surface area contributed by atoms with Crippen LogP contribution in [-0.4, -0.2) is 9.97 Å². The van der Waals surface area contributed by atoms with Crippen molar-refractivity contribution in [2.24, 2.45) is 0 Å². The molecule has 0 spiro atoms. The van der Waals surface area contributed by atoms with E-state index in [9.17, 15) is 0 Å². The molecule has 0 N–H and O–H groups in total. The minimum Gasteiger partial charge on any atom is -0.248 e. The van der Waals surface area contributed by atoms with Crippen LogP contribution < -0.4 is 0 Å². The van der Waals surface area contributed by atoms with Crippen LogP contribution in [0.5, 0.6) is 0 Å². The third kappa shape index (κ3) is 2.74. The normalized spacial score (nSPS) is 15.9. The highest BCUT2D eigenvalue weighted by Crippen LogP contribution is 2.37. The Hall–Kier alpha value is -2.22. The van der Waals surface area contributed by atoms with Gasteiger partial charge in [0.15, 0.2) is 0 Å². The number of nitrogens with zero attached hydrogens (tertiary/aromatic N) is 2. The van der Waals surface area contributed by atoms with Gasteiger partial charge in [-0.25, -0.2) is 9.97 Å². The van der Waals surface area contributed by atoms with Crippen molar-refractivity contribution in [2.75, 3.05) is 0 Å². The third-order valence-electron chi connectivity index (χ3n) is 4.96. The second-order valence-corrected chi connectivity index (χ2v) is 6.60. The van der Waals surface area contributed by atoms with Crippen LogP contribution in [0.3, 0.4) is 0 Å². The summed E-state index contributed by atoms with van der Waals surface area (Å²) in [7, 11) is 0. The minimum absolute atomic E-state index is 0.551. The molecule has 116 valence electrons. The summed E-state index contributed by atoms with van der Waals surface area (Å²) in [6.07, 6.45) is 6.47. The Labute approximate surface area is 137 Å². The molecule has 0 unspecified atom stereocenters. The molecule has 1 aromatic heterocycles. The van der Waals surface area contributed by atoms with Crippen LogP contribution in [0.4, 0.5) is 0 Å². The van der Waals surface area contributed by atoms with Crippen molar-refractivity contribution >= 4 is 11.0 Å². The fourth-order valence-electron chi connectivity index (χ4n) is 3.70. The average Bonchev–Trinajstić information content (AvgIpc) is 2.63. The van der Waals surface area contributed by atoms with Crippen LogP contribution in [0.2, 0.25) is 0 Å². The summed E-state index contributed by atoms with van der Waals surface area (Å²) in [5.74, 6) is 0.551. The highest BCUT2D eigenvalue weighted by molar-refractivity contribution is 5.81. The van der Waals surface area contributed by atoms with Gasteiger partial charge in [0.2, 0.25) is 0 Å². The van der Waals surface area contributed by atoms with Crippen molar-refractivity contribution in [1.29, 1.82) is 0 Å². The summed E-state index contributed by atoms with van der Waals surface area (Å²) in [5, 5.41) is 0. The molecule has 1 aliphatic carbocycles. The fourth-order valence-corrected chi connectivity index (χ4v) is 3.70. The molecular weight excluding hydrogens is 280 g/mol. The molecule has 2 heteroatoms. The van der Waals surface area contributed by atoms with Gasteiger partial charge in [0.1, 0.15) is 0 Å². The Kier molecular flexibility index (Phi) is 3.82. The Morgan fingerprint density at radius 2 is 1.61 bits per heavy atom. The molecule has 0 amide bonds. The molecule has 0 radical (unpaired) electrons. The van der Waals surface area contributed by atoms with Crippen LogP contribution in [0.1, 0.15) is 49.3 Å². The quantitative estimate of drug-likeness (QED) is 0.611. The summed E-state index contributed by atoms with van der Waals surface area (Å²) in [6.45, 7) is 2.13. The second kappa shape index (κ2) is 6.11. The van der Waals surface area contributed by atoms with Crippen LogP contribution >= 0.6 is 0 Å². The predicted molar refractivity (Wildman–Crippen MR) is 95.5 cm³/mol. The van der Waals surface area contributed by atoms with Crippen molar-refractivity contribution in [3.05, 3.63) is 59.8 Å². The monoisotopic (exact) mass is 302 g/mol. The van der Waals surface area contributed by atoms with Gasteiger partial charge in [0.05, 0.1) is 22.4 Å². The number of aryl methyl sites for hydroxylation is 1. The topological polar surface area (TPSA) is 25.8 Å². The fraction of sp³-hybridized carbons (Fsp3) is 0.333. The molecule has 4 rings (SSSR count). The van der Waals surface area contributed by atoms with E-state index in [1.54, 1.807) is 0 Å². The molecule has 1 saturated carbocycles. The molecule has 0 bridgehead atoms. The zero-order valence-electron chi connectivity index (χ0n) is 13.6. The maximum Gasteiger partial charge on any atom is 0.0928 e. The minimum atomic E-state index is 0.551. The average molecular weight is 302 g/mol. The van der Waals surface area contributed by atoms with E-state index in [-0.39, 0.29) is 0 Å². The molecule has 0 atom stereocenters. The number of para-hydroxylation sites is 1. The van der Waals surface area contributed by atoms with E-state index >= 15 is 0 Å². The van der Waals surface area contributed by atoms with E-state index in [1.807, 2.05) is 0 Å². The van der Waals surface area contributed by atoms with Gasteiger partial charge in [-0.2, -0.15) is 0 Å². The molecule has 1 aliphatic rings. The van der Waals surface area contributed by atoms with E-state index in [0.29, 0.717) is 5.92 Å². The maximum absolute atomic E-state index is 5.11. The Morgan fingerprint density at radius 3 is 2.39 bits per heavy atom. The first-order chi connectivity index (χ1) is 11.3. The Balaban J connectivity index is 1.94. The second-order valence-electron chi connectivity index (χ2n) is 6.60. The van der Waals surface area contributed by atoms with Gasteiger partial charge in [-0.1, -0.05) is 61.7 Å². The van der Waals surface area contributed by atoms with Crippen molar-refractivity contribution in [1.82, 2.24) is 9.97 Å². The van der Waals surface area contributed by atoms with Gasteiger partial charge in [-0.3, -0.25) is 0 Å². The van der Waals surface area contributed by atoms with E-state index in [4.69, 9.17) is 9.97 Å². The van der Waals surface area contributed by atoms with Gasteiger partial charge in [-0.15, -0.1) is 0 Å². The van der Waals surface area contributed by atoms with E-state index in [0.717, 1.165) is 16.7 Å². The summed E-state index contributed by atoms with van der Waals surface area (Å²) >= 11 is 0. The summed E-state index contributed by atoms with van der Waals surface area (Å²) in [5.41, 5.74) is 6.75. The number of hydrogen-bond acceptors (Lipinski definition) is 2. The van der Waals surface area contributed by atoms with E-state index < -0.39 is 0 Å². The van der Waals surface area contributed by atoms with Crippen LogP contribution in [0.25, 0.3) is 22.3 Å². The maximum atomic E-state index is 5.11. The van der Waals surface area contributed by atoms with Crippen molar-refractivity contribution in [3.8, 4) is 11.3 Å². The summed E-state index contributed by atoms with van der Waals surface area (Å²) in [4.78, 5) is 10.1. The smallest absolute Gasteiger partial charge is 0.0928 e. The van der Waals surface area contributed by atoms with Gasteiger partial charge >= 0.3 is 0 Å². The number of fused-ring (bicyclic) bond motifs is 1. The number of benzene rings is 2. The zero-order chi connectivity index (χ0) is 15.6. The molecule has 2 nitrogen and oxygen atoms in total. The highest BCUT2D eigenvalue weighted by Gasteiger charge is 2.22. The Morgan fingerprint density at radius 1 is 0.826 bits per heavy atom. The van der Waals surface area contributed by atoms with Crippen LogP contribution in [-0.2, 0) is 0 Å². The molecular formula is C21H22N2. The lowest BCUT2D eigenvalue weighted by molar-refractivity contribution is 0.437. The molecule has 1 heterocycles. The predicted octanol–water partition coefficient (Wildman–Crippen LogP) is 5.65. The first-order valence-corrected chi connectivity index (χ1v) is 8.65. The molecule has 0 aliphatic heterocycles. The number of aromatic nitrogens is 2. The lowest BCUT2D eigenvalue weighted by Gasteiger charge is -2.23. The van der Waals surface area contributed by atoms with E-state index in [2.05, 4.69) is 55.5 Å². The SMILES string of the molecule is Cc1cccc2nc(-c3ccccc3)c(C3CCCCC3)nc12. The molecule has 23 heavy (non-hydrogen) atoms. The van der Waals surface area contributed by atoms with Gasteiger partial charge in [0, 0.05) is 11.5 Å². The van der Waals surface area contributed by atoms with Crippen molar-refractivity contribution in [2.45, 2.75) is 44.9 Å². The van der Waals surface area contributed by atoms with Gasteiger partial charge in [-0.05, 0) is 31.4 Å². The summed E-state index contributed by atoms with van der Waals surface area (Å²) < 4.78 is 0. The first kappa shape index (κ1) is 14.4. The first-order valence-electron chi connectivity index (χ1n) is 8.65. The third-order valence-corrected chi connectivity index (χ3v) is 4.96. The molecule has 3 aromatic rings. The van der Waals surface area contributed by atoms with Crippen LogP contribution in [0.15, 0.2) is 48.5 Å². The van der Waals surface area contributed by atoms with Gasteiger partial charge in [0.25, 0.3) is 0 Å². The van der Waals surface area contributed by atoms with Crippen molar-refractivity contribution < 1.29 is 0 Å². The van der Waals surface area contributed by atoms with Gasteiger partial charge < -0.3 is 0 Å². The highest BCUT2D eigenvalue weighted by atomic mass is 14.8. The number of rotatable bonds is 2. The Bertz CT molecular complexity index is 818. The zero-order valence-corrected chi connectivity index (χ0v) is 13.6. The lowest BCUT2D eigenvalue weighted by atomic mass is 9.85. The van der Waals surface area contributed by atoms with Crippen LogP contribution in [0, 0.1) is 6.92 Å². The standard InChI is InChI=1S/C21H22N2/c1-15-9-8-14-18-19(15)23-21(17-12-6-3-7-13-17)20(22-18)16-10-4-2-5-11-16/h2,4-5,8-11,14,17H,3,6-7,12-13H2,1H3. The molecule has 1 fully saturated rings. The molecule has 0 saturated heterocycles. The molecule has 2 aromatic carbocycles. The lowest BCUT2D eigenvalue weighted by Crippen LogP contribution is -2.10. The summed E-state index contributed by atoms with van der Waals surface area (Å²) in [6, 6.07) is 16.8.